The van der Waals surface area contributed by atoms with E-state index >= 15 is 0 Å². The lowest BCUT2D eigenvalue weighted by Gasteiger charge is -2.24. The second-order valence-electron chi connectivity index (χ2n) is 4.81. The van der Waals surface area contributed by atoms with Crippen LogP contribution >= 0.6 is 0 Å². The number of rotatable bonds is 4. The van der Waals surface area contributed by atoms with Gasteiger partial charge in [-0.05, 0) is 24.6 Å². The van der Waals surface area contributed by atoms with E-state index in [1.54, 1.807) is 0 Å². The van der Waals surface area contributed by atoms with Gasteiger partial charge in [0.2, 0.25) is 0 Å². The van der Waals surface area contributed by atoms with Gasteiger partial charge in [-0.15, -0.1) is 0 Å². The van der Waals surface area contributed by atoms with Gasteiger partial charge in [0, 0.05) is 13.0 Å². The molecule has 1 aliphatic rings. The van der Waals surface area contributed by atoms with E-state index in [9.17, 15) is 0 Å². The average Bonchev–Trinajstić information content (AvgIpc) is 2.93. The molecule has 1 aliphatic heterocycles. The van der Waals surface area contributed by atoms with Gasteiger partial charge in [0.25, 0.3) is 0 Å². The average molecular weight is 269 g/mol. The minimum atomic E-state index is -0.176. The zero-order valence-corrected chi connectivity index (χ0v) is 11.6. The first-order chi connectivity index (χ1) is 9.88. The molecule has 3 heteroatoms. The zero-order valence-electron chi connectivity index (χ0n) is 11.6. The van der Waals surface area contributed by atoms with Gasteiger partial charge in [-0.3, -0.25) is 0 Å². The van der Waals surface area contributed by atoms with Crippen molar-refractivity contribution < 1.29 is 9.57 Å². The highest BCUT2D eigenvalue weighted by molar-refractivity contribution is 5.47. The monoisotopic (exact) mass is 269 g/mol. The third kappa shape index (κ3) is 2.69. The van der Waals surface area contributed by atoms with Gasteiger partial charge in [-0.2, -0.15) is 0 Å². The lowest BCUT2D eigenvalue weighted by atomic mass is 10.0. The predicted octanol–water partition coefficient (Wildman–Crippen LogP) is 3.93. The Kier molecular flexibility index (Phi) is 4.00. The topological polar surface area (TPSA) is 21.7 Å². The summed E-state index contributed by atoms with van der Waals surface area (Å²) in [6.07, 6.45) is 0.664. The number of benzene rings is 2. The summed E-state index contributed by atoms with van der Waals surface area (Å²) >= 11 is 0. The van der Waals surface area contributed by atoms with Gasteiger partial charge in [-0.25, -0.2) is 9.90 Å². The number of anilines is 1. The fraction of sp³-hybridized carbons (Fsp3) is 0.294. The van der Waals surface area contributed by atoms with Gasteiger partial charge in [-0.1, -0.05) is 48.5 Å². The minimum Gasteiger partial charge on any atom is -0.350 e. The Balaban J connectivity index is 1.89. The van der Waals surface area contributed by atoms with Crippen LogP contribution in [0.3, 0.4) is 0 Å². The molecule has 0 bridgehead atoms. The normalized spacial score (nSPS) is 22.1. The summed E-state index contributed by atoms with van der Waals surface area (Å²) < 4.78 is 5.64. The van der Waals surface area contributed by atoms with Crippen LogP contribution in [0.15, 0.2) is 60.7 Å². The Hall–Kier alpha value is -1.84. The van der Waals surface area contributed by atoms with E-state index in [1.807, 2.05) is 36.3 Å². The summed E-state index contributed by atoms with van der Waals surface area (Å²) in [6.45, 7) is 2.65. The quantitative estimate of drug-likeness (QED) is 0.839. The Morgan fingerprint density at radius 2 is 1.70 bits per heavy atom. The zero-order chi connectivity index (χ0) is 13.8. The van der Waals surface area contributed by atoms with Crippen molar-refractivity contribution in [1.29, 1.82) is 0 Å². The van der Waals surface area contributed by atoms with Crippen LogP contribution in [0, 0.1) is 0 Å². The molecule has 0 unspecified atom stereocenters. The van der Waals surface area contributed by atoms with Crippen LogP contribution in [0.2, 0.25) is 0 Å². The molecule has 1 saturated heterocycles. The van der Waals surface area contributed by atoms with Crippen molar-refractivity contribution >= 4 is 5.69 Å². The summed E-state index contributed by atoms with van der Waals surface area (Å²) in [5.41, 5.74) is 2.31. The molecule has 2 atom stereocenters. The Morgan fingerprint density at radius 1 is 1.05 bits per heavy atom. The highest BCUT2D eigenvalue weighted by Gasteiger charge is 2.35. The molecule has 3 rings (SSSR count). The van der Waals surface area contributed by atoms with Crippen molar-refractivity contribution in [3.05, 3.63) is 66.2 Å². The SMILES string of the molecule is CCO[C@H]1C[C@@H](c2ccccc2)N(c2ccccc2)O1. The Labute approximate surface area is 119 Å². The van der Waals surface area contributed by atoms with E-state index in [4.69, 9.17) is 9.57 Å². The van der Waals surface area contributed by atoms with Gasteiger partial charge in [0.15, 0.2) is 6.29 Å². The summed E-state index contributed by atoms with van der Waals surface area (Å²) in [5.74, 6) is 0. The predicted molar refractivity (Wildman–Crippen MR) is 79.2 cm³/mol. The molecule has 0 amide bonds. The van der Waals surface area contributed by atoms with E-state index < -0.39 is 0 Å². The van der Waals surface area contributed by atoms with Crippen molar-refractivity contribution in [2.75, 3.05) is 11.7 Å². The van der Waals surface area contributed by atoms with Crippen molar-refractivity contribution in [1.82, 2.24) is 0 Å². The van der Waals surface area contributed by atoms with Crippen molar-refractivity contribution in [3.8, 4) is 0 Å². The molecule has 2 aromatic rings. The maximum atomic E-state index is 5.97. The van der Waals surface area contributed by atoms with Crippen molar-refractivity contribution in [2.45, 2.75) is 25.7 Å². The number of ether oxygens (including phenoxy) is 1. The van der Waals surface area contributed by atoms with E-state index in [2.05, 4.69) is 36.4 Å². The molecular weight excluding hydrogens is 250 g/mol. The number of para-hydroxylation sites is 1. The number of nitrogens with zero attached hydrogens (tertiary/aromatic N) is 1. The molecule has 104 valence electrons. The van der Waals surface area contributed by atoms with E-state index in [0.717, 1.165) is 12.1 Å². The molecular formula is C17H19NO2. The minimum absolute atomic E-state index is 0.176. The van der Waals surface area contributed by atoms with Gasteiger partial charge >= 0.3 is 0 Å². The fourth-order valence-electron chi connectivity index (χ4n) is 2.57. The van der Waals surface area contributed by atoms with Gasteiger partial charge in [0.1, 0.15) is 0 Å². The number of hydroxylamine groups is 1. The summed E-state index contributed by atoms with van der Waals surface area (Å²) in [6, 6.07) is 20.8. The summed E-state index contributed by atoms with van der Waals surface area (Å²) in [4.78, 5) is 5.97. The maximum absolute atomic E-state index is 5.97. The molecule has 2 aromatic carbocycles. The molecule has 1 fully saturated rings. The lowest BCUT2D eigenvalue weighted by molar-refractivity contribution is -0.115. The second kappa shape index (κ2) is 6.07. The van der Waals surface area contributed by atoms with E-state index in [1.165, 1.54) is 5.56 Å². The van der Waals surface area contributed by atoms with E-state index in [0.29, 0.717) is 6.61 Å². The molecule has 1 heterocycles. The highest BCUT2D eigenvalue weighted by Crippen LogP contribution is 2.38. The van der Waals surface area contributed by atoms with Crippen LogP contribution in [0.5, 0.6) is 0 Å². The summed E-state index contributed by atoms with van der Waals surface area (Å²) in [5, 5.41) is 1.97. The van der Waals surface area contributed by atoms with Gasteiger partial charge in [0.05, 0.1) is 11.7 Å². The second-order valence-corrected chi connectivity index (χ2v) is 4.81. The highest BCUT2D eigenvalue weighted by atomic mass is 16.8. The fourth-order valence-corrected chi connectivity index (χ4v) is 2.57. The van der Waals surface area contributed by atoms with Crippen LogP contribution in [-0.4, -0.2) is 12.9 Å². The molecule has 3 nitrogen and oxygen atoms in total. The lowest BCUT2D eigenvalue weighted by Crippen LogP contribution is -2.22. The number of hydrogen-bond donors (Lipinski definition) is 0. The largest absolute Gasteiger partial charge is 0.350 e. The number of hydrogen-bond acceptors (Lipinski definition) is 3. The first-order valence-electron chi connectivity index (χ1n) is 7.06. The van der Waals surface area contributed by atoms with Crippen LogP contribution in [-0.2, 0) is 9.57 Å². The smallest absolute Gasteiger partial charge is 0.186 e. The van der Waals surface area contributed by atoms with Gasteiger partial charge < -0.3 is 4.74 Å². The third-order valence-electron chi connectivity index (χ3n) is 3.48. The summed E-state index contributed by atoms with van der Waals surface area (Å²) in [7, 11) is 0. The first-order valence-corrected chi connectivity index (χ1v) is 7.06. The molecule has 0 aliphatic carbocycles. The van der Waals surface area contributed by atoms with Crippen molar-refractivity contribution in [2.24, 2.45) is 0 Å². The first kappa shape index (κ1) is 13.2. The standard InChI is InChI=1S/C17H19NO2/c1-2-19-17-13-16(14-9-5-3-6-10-14)18(20-17)15-11-7-4-8-12-15/h3-12,16-17H,2,13H2,1H3/t16-,17+/m0/s1. The maximum Gasteiger partial charge on any atom is 0.186 e. The van der Waals surface area contributed by atoms with Crippen LogP contribution in [0.4, 0.5) is 5.69 Å². The third-order valence-corrected chi connectivity index (χ3v) is 3.48. The van der Waals surface area contributed by atoms with Crippen LogP contribution < -0.4 is 5.06 Å². The van der Waals surface area contributed by atoms with E-state index in [-0.39, 0.29) is 12.3 Å². The van der Waals surface area contributed by atoms with Crippen molar-refractivity contribution in [3.63, 3.8) is 0 Å². The molecule has 0 saturated carbocycles. The molecule has 0 radical (unpaired) electrons. The molecule has 0 aromatic heterocycles. The van der Waals surface area contributed by atoms with Crippen LogP contribution in [0.1, 0.15) is 24.9 Å². The Bertz CT molecular complexity index is 482. The molecule has 0 spiro atoms. The molecule has 0 N–H and O–H groups in total. The molecule has 20 heavy (non-hydrogen) atoms. The van der Waals surface area contributed by atoms with Crippen LogP contribution in [0.25, 0.3) is 0 Å². The Morgan fingerprint density at radius 3 is 2.35 bits per heavy atom.